The fourth-order valence-corrected chi connectivity index (χ4v) is 5.53. The van der Waals surface area contributed by atoms with Gasteiger partial charge in [-0.15, -0.1) is 0 Å². The number of hydrogen-bond acceptors (Lipinski definition) is 6. The highest BCUT2D eigenvalue weighted by Gasteiger charge is 2.65. The number of carbonyl (C=O) groups is 2. The summed E-state index contributed by atoms with van der Waals surface area (Å²) in [6.07, 6.45) is 1.47. The monoisotopic (exact) mass is 301 g/mol. The molecular weight excluding hydrogens is 286 g/mol. The van der Waals surface area contributed by atoms with Gasteiger partial charge in [0, 0.05) is 11.8 Å². The Kier molecular flexibility index (Phi) is 3.09. The number of rotatable bonds is 4. The minimum absolute atomic E-state index is 0.0336. The fraction of sp³-hybridized carbons (Fsp3) is 0.667. The van der Waals surface area contributed by atoms with E-state index in [0.29, 0.717) is 12.8 Å². The van der Waals surface area contributed by atoms with Crippen molar-refractivity contribution in [1.82, 2.24) is 5.32 Å². The number of amides is 1. The van der Waals surface area contributed by atoms with E-state index in [1.54, 1.807) is 0 Å². The molecule has 110 valence electrons. The normalized spacial score (nSPS) is 39.5. The van der Waals surface area contributed by atoms with Crippen LogP contribution in [0, 0.1) is 11.8 Å². The highest BCUT2D eigenvalue weighted by Crippen LogP contribution is 2.55. The van der Waals surface area contributed by atoms with Gasteiger partial charge >= 0.3 is 5.97 Å². The zero-order chi connectivity index (χ0) is 14.5. The Bertz CT molecular complexity index is 568. The minimum atomic E-state index is -3.64. The summed E-state index contributed by atoms with van der Waals surface area (Å²) < 4.78 is 34.1. The smallest absolute Gasteiger partial charge is 0.325 e. The Labute approximate surface area is 116 Å². The van der Waals surface area contributed by atoms with Crippen molar-refractivity contribution in [3.05, 3.63) is 12.7 Å². The summed E-state index contributed by atoms with van der Waals surface area (Å²) in [6.45, 7) is 2.97. The van der Waals surface area contributed by atoms with Gasteiger partial charge in [0.15, 0.2) is 0 Å². The first-order valence-corrected chi connectivity index (χ1v) is 7.91. The van der Waals surface area contributed by atoms with Crippen LogP contribution in [0.25, 0.3) is 0 Å². The molecule has 2 bridgehead atoms. The lowest BCUT2D eigenvalue weighted by Crippen LogP contribution is -2.41. The maximum atomic E-state index is 11.9. The molecule has 3 rings (SSSR count). The van der Waals surface area contributed by atoms with Crippen molar-refractivity contribution >= 4 is 22.0 Å². The summed E-state index contributed by atoms with van der Waals surface area (Å²) in [5.74, 6) is -1.15. The van der Waals surface area contributed by atoms with Gasteiger partial charge in [-0.25, -0.2) is 0 Å². The molecule has 8 heteroatoms. The van der Waals surface area contributed by atoms with Crippen molar-refractivity contribution in [3.8, 4) is 0 Å². The van der Waals surface area contributed by atoms with Gasteiger partial charge in [0.05, 0.1) is 6.10 Å². The molecule has 5 atom stereocenters. The molecule has 1 saturated heterocycles. The molecule has 1 N–H and O–H groups in total. The summed E-state index contributed by atoms with van der Waals surface area (Å²) in [5.41, 5.74) is 0. The first kappa shape index (κ1) is 13.6. The maximum Gasteiger partial charge on any atom is 0.325 e. The number of hydrogen-bond donors (Lipinski definition) is 1. The number of ether oxygens (including phenoxy) is 1. The third-order valence-corrected chi connectivity index (χ3v) is 6.05. The van der Waals surface area contributed by atoms with Gasteiger partial charge in [0.25, 0.3) is 10.1 Å². The van der Waals surface area contributed by atoms with Crippen LogP contribution in [0.15, 0.2) is 12.7 Å². The lowest BCUT2D eigenvalue weighted by molar-refractivity contribution is -0.151. The topological polar surface area (TPSA) is 98.8 Å². The lowest BCUT2D eigenvalue weighted by atomic mass is 9.95. The van der Waals surface area contributed by atoms with Gasteiger partial charge in [-0.1, -0.05) is 6.58 Å². The zero-order valence-electron chi connectivity index (χ0n) is 10.7. The first-order chi connectivity index (χ1) is 9.42. The maximum absolute atomic E-state index is 11.9. The molecular formula is C12H15NO6S. The molecule has 20 heavy (non-hydrogen) atoms. The van der Waals surface area contributed by atoms with E-state index in [4.69, 9.17) is 8.92 Å². The van der Waals surface area contributed by atoms with Crippen LogP contribution in [-0.4, -0.2) is 44.3 Å². The number of fused-ring (bicyclic) bond motifs is 1. The van der Waals surface area contributed by atoms with Crippen LogP contribution in [0.2, 0.25) is 0 Å². The molecule has 0 spiro atoms. The molecule has 0 aromatic rings. The molecule has 1 aliphatic heterocycles. The summed E-state index contributed by atoms with van der Waals surface area (Å²) in [5, 5.41) is 1.56. The van der Waals surface area contributed by atoms with Gasteiger partial charge < -0.3 is 10.1 Å². The van der Waals surface area contributed by atoms with E-state index in [-0.39, 0.29) is 24.5 Å². The summed E-state index contributed by atoms with van der Waals surface area (Å²) in [4.78, 5) is 22.6. The third-order valence-electron chi connectivity index (χ3n) is 4.25. The fourth-order valence-electron chi connectivity index (χ4n) is 3.51. The summed E-state index contributed by atoms with van der Waals surface area (Å²) in [7, 11) is -3.64. The van der Waals surface area contributed by atoms with Crippen LogP contribution in [0.4, 0.5) is 0 Å². The van der Waals surface area contributed by atoms with Crippen molar-refractivity contribution in [1.29, 1.82) is 0 Å². The molecule has 2 aliphatic carbocycles. The van der Waals surface area contributed by atoms with Crippen molar-refractivity contribution in [3.63, 3.8) is 0 Å². The molecule has 1 amide bonds. The second-order valence-electron chi connectivity index (χ2n) is 5.36. The van der Waals surface area contributed by atoms with Gasteiger partial charge in [0.1, 0.15) is 17.9 Å². The van der Waals surface area contributed by atoms with Crippen LogP contribution in [-0.2, 0) is 28.6 Å². The molecule has 3 fully saturated rings. The van der Waals surface area contributed by atoms with E-state index in [2.05, 4.69) is 11.9 Å². The van der Waals surface area contributed by atoms with Crippen LogP contribution in [0.1, 0.15) is 12.8 Å². The Balaban J connectivity index is 1.65. The van der Waals surface area contributed by atoms with E-state index in [1.807, 2.05) is 0 Å². The first-order valence-electron chi connectivity index (χ1n) is 6.44. The van der Waals surface area contributed by atoms with Gasteiger partial charge in [-0.05, 0) is 18.9 Å². The molecule has 0 aromatic heterocycles. The van der Waals surface area contributed by atoms with Crippen molar-refractivity contribution < 1.29 is 26.9 Å². The predicted molar refractivity (Wildman–Crippen MR) is 66.9 cm³/mol. The average Bonchev–Trinajstić information content (AvgIpc) is 2.96. The minimum Gasteiger partial charge on any atom is -0.459 e. The van der Waals surface area contributed by atoms with Crippen molar-refractivity contribution in [2.75, 3.05) is 6.54 Å². The summed E-state index contributed by atoms with van der Waals surface area (Å²) in [6, 6.07) is 0. The summed E-state index contributed by atoms with van der Waals surface area (Å²) >= 11 is 0. The van der Waals surface area contributed by atoms with Crippen LogP contribution < -0.4 is 5.32 Å². The largest absolute Gasteiger partial charge is 0.459 e. The molecule has 7 nitrogen and oxygen atoms in total. The van der Waals surface area contributed by atoms with E-state index >= 15 is 0 Å². The average molecular weight is 301 g/mol. The van der Waals surface area contributed by atoms with Crippen molar-refractivity contribution in [2.24, 2.45) is 11.8 Å². The van der Waals surface area contributed by atoms with E-state index in [0.717, 1.165) is 6.08 Å². The standard InChI is InChI=1S/C12H15NO6S/c1-2-9(14)13-5-10(15)18-11-6-3-7-8(4-6)19-20(16,17)12(7)11/h2,6-8,11-12H,1,3-5H2,(H,13,14). The number of nitrogens with one attached hydrogen (secondary N) is 1. The molecule has 0 radical (unpaired) electrons. The highest BCUT2D eigenvalue weighted by molar-refractivity contribution is 7.87. The van der Waals surface area contributed by atoms with E-state index < -0.39 is 33.3 Å². The number of esters is 1. The van der Waals surface area contributed by atoms with Crippen molar-refractivity contribution in [2.45, 2.75) is 30.3 Å². The van der Waals surface area contributed by atoms with E-state index in [1.165, 1.54) is 0 Å². The highest BCUT2D eigenvalue weighted by atomic mass is 32.2. The second-order valence-corrected chi connectivity index (χ2v) is 7.09. The Morgan fingerprint density at radius 2 is 2.15 bits per heavy atom. The van der Waals surface area contributed by atoms with Gasteiger partial charge in [0.2, 0.25) is 5.91 Å². The van der Waals surface area contributed by atoms with E-state index in [9.17, 15) is 18.0 Å². The molecule has 1 heterocycles. The van der Waals surface area contributed by atoms with Crippen LogP contribution in [0.5, 0.6) is 0 Å². The predicted octanol–water partition coefficient (Wildman–Crippen LogP) is -0.663. The molecule has 3 aliphatic rings. The Hall–Kier alpha value is -1.41. The van der Waals surface area contributed by atoms with Gasteiger partial charge in [-0.2, -0.15) is 8.42 Å². The second kappa shape index (κ2) is 4.56. The Morgan fingerprint density at radius 1 is 1.40 bits per heavy atom. The molecule has 2 saturated carbocycles. The molecule has 0 aromatic carbocycles. The Morgan fingerprint density at radius 3 is 2.85 bits per heavy atom. The molecule has 5 unspecified atom stereocenters. The lowest BCUT2D eigenvalue weighted by Gasteiger charge is -2.24. The van der Waals surface area contributed by atoms with Gasteiger partial charge in [-0.3, -0.25) is 13.8 Å². The SMILES string of the molecule is C=CC(=O)NCC(=O)OC1C2CC3OS(=O)(=O)C1C3C2. The quantitative estimate of drug-likeness (QED) is 0.420. The van der Waals surface area contributed by atoms with Crippen LogP contribution in [0.3, 0.4) is 0 Å². The van der Waals surface area contributed by atoms with Crippen LogP contribution >= 0.6 is 0 Å². The third kappa shape index (κ3) is 2.03. The zero-order valence-corrected chi connectivity index (χ0v) is 11.5. The number of carbonyl (C=O) groups excluding carboxylic acids is 2.